The van der Waals surface area contributed by atoms with Gasteiger partial charge in [-0.3, -0.25) is 4.79 Å². The van der Waals surface area contributed by atoms with Crippen molar-refractivity contribution in [2.24, 2.45) is 0 Å². The Balaban J connectivity index is 1.87. The van der Waals surface area contributed by atoms with Crippen LogP contribution in [-0.2, 0) is 17.9 Å². The van der Waals surface area contributed by atoms with Gasteiger partial charge in [0.2, 0.25) is 0 Å². The van der Waals surface area contributed by atoms with Crippen molar-refractivity contribution >= 4 is 16.7 Å². The number of esters is 1. The highest BCUT2D eigenvalue weighted by atomic mass is 16.5. The summed E-state index contributed by atoms with van der Waals surface area (Å²) < 4.78 is 12.2. The molecule has 1 heterocycles. The molecule has 0 saturated carbocycles. The molecular formula is C23H26N2O4. The Morgan fingerprint density at radius 3 is 2.48 bits per heavy atom. The number of methoxy groups -OCH3 is 1. The van der Waals surface area contributed by atoms with Crippen molar-refractivity contribution in [2.75, 3.05) is 7.11 Å². The summed E-state index contributed by atoms with van der Waals surface area (Å²) in [5.41, 5.74) is 0.740. The van der Waals surface area contributed by atoms with Crippen LogP contribution in [0.3, 0.4) is 0 Å². The Bertz CT molecular complexity index is 1040. The van der Waals surface area contributed by atoms with Crippen LogP contribution in [0.2, 0.25) is 0 Å². The highest BCUT2D eigenvalue weighted by Crippen LogP contribution is 2.20. The smallest absolute Gasteiger partial charge is 0.359 e. The van der Waals surface area contributed by atoms with Gasteiger partial charge in [-0.1, -0.05) is 62.6 Å². The molecule has 2 aromatic carbocycles. The molecule has 0 radical (unpaired) electrons. The van der Waals surface area contributed by atoms with Crippen LogP contribution >= 0.6 is 0 Å². The summed E-state index contributed by atoms with van der Waals surface area (Å²) in [4.78, 5) is 25.6. The summed E-state index contributed by atoms with van der Waals surface area (Å²) in [5.74, 6) is 0.0911. The number of fused-ring (bicyclic) bond motifs is 1. The average Bonchev–Trinajstić information content (AvgIpc) is 2.76. The van der Waals surface area contributed by atoms with Crippen molar-refractivity contribution in [3.8, 4) is 5.75 Å². The Morgan fingerprint density at radius 1 is 1.00 bits per heavy atom. The van der Waals surface area contributed by atoms with Crippen molar-refractivity contribution in [3.63, 3.8) is 0 Å². The van der Waals surface area contributed by atoms with Gasteiger partial charge >= 0.3 is 5.97 Å². The Kier molecular flexibility index (Phi) is 7.00. The fourth-order valence-corrected chi connectivity index (χ4v) is 3.26. The van der Waals surface area contributed by atoms with E-state index < -0.39 is 5.97 Å². The lowest BCUT2D eigenvalue weighted by molar-refractivity contribution is 0.0462. The minimum atomic E-state index is -0.561. The lowest BCUT2D eigenvalue weighted by Crippen LogP contribution is -2.26. The summed E-state index contributed by atoms with van der Waals surface area (Å²) in [5, 5.41) is 5.33. The summed E-state index contributed by atoms with van der Waals surface area (Å²) in [6.07, 6.45) is 4.08. The molecule has 0 spiro atoms. The van der Waals surface area contributed by atoms with Crippen molar-refractivity contribution in [1.82, 2.24) is 9.78 Å². The number of carbonyl (C=O) groups is 1. The number of hydrogen-bond donors (Lipinski definition) is 0. The van der Waals surface area contributed by atoms with Crippen LogP contribution < -0.4 is 10.3 Å². The highest BCUT2D eigenvalue weighted by Gasteiger charge is 2.18. The van der Waals surface area contributed by atoms with E-state index in [1.165, 1.54) is 4.68 Å². The molecule has 29 heavy (non-hydrogen) atoms. The van der Waals surface area contributed by atoms with E-state index in [2.05, 4.69) is 12.0 Å². The van der Waals surface area contributed by atoms with Crippen molar-refractivity contribution in [1.29, 1.82) is 0 Å². The minimum absolute atomic E-state index is 0.0640. The third-order valence-electron chi connectivity index (χ3n) is 4.84. The van der Waals surface area contributed by atoms with Crippen LogP contribution in [0.25, 0.3) is 10.8 Å². The summed E-state index contributed by atoms with van der Waals surface area (Å²) >= 11 is 0. The van der Waals surface area contributed by atoms with Crippen molar-refractivity contribution in [2.45, 2.75) is 45.8 Å². The van der Waals surface area contributed by atoms with Crippen molar-refractivity contribution in [3.05, 3.63) is 70.1 Å². The lowest BCUT2D eigenvalue weighted by atomic mass is 10.1. The van der Waals surface area contributed by atoms with Crippen LogP contribution in [0.15, 0.2) is 53.3 Å². The fraction of sp³-hybridized carbons (Fsp3) is 0.348. The summed E-state index contributed by atoms with van der Waals surface area (Å²) in [7, 11) is 1.57. The third-order valence-corrected chi connectivity index (χ3v) is 4.84. The van der Waals surface area contributed by atoms with Gasteiger partial charge in [-0.2, -0.15) is 5.10 Å². The zero-order chi connectivity index (χ0) is 20.6. The SMILES string of the molecule is CCCCCCn1nc(C(=O)OCc2ccccc2OC)c2ccccc2c1=O. The zero-order valence-electron chi connectivity index (χ0n) is 16.9. The molecule has 0 amide bonds. The molecule has 3 rings (SSSR count). The summed E-state index contributed by atoms with van der Waals surface area (Å²) in [6, 6.07) is 14.4. The number of hydrogen-bond acceptors (Lipinski definition) is 5. The number of carbonyl (C=O) groups excluding carboxylic acids is 1. The van der Waals surface area contributed by atoms with Gasteiger partial charge in [0.25, 0.3) is 5.56 Å². The molecule has 0 bridgehead atoms. The molecule has 6 nitrogen and oxygen atoms in total. The Labute approximate surface area is 170 Å². The van der Waals surface area contributed by atoms with Crippen LogP contribution in [0.1, 0.15) is 48.7 Å². The molecule has 0 fully saturated rings. The molecule has 152 valence electrons. The first-order valence-corrected chi connectivity index (χ1v) is 9.94. The Morgan fingerprint density at radius 2 is 1.72 bits per heavy atom. The third kappa shape index (κ3) is 4.83. The van der Waals surface area contributed by atoms with Crippen LogP contribution in [0.4, 0.5) is 0 Å². The molecule has 0 saturated heterocycles. The predicted molar refractivity (Wildman–Crippen MR) is 112 cm³/mol. The number of rotatable bonds is 9. The number of para-hydroxylation sites is 1. The van der Waals surface area contributed by atoms with Gasteiger partial charge in [-0.05, 0) is 18.6 Å². The van der Waals surface area contributed by atoms with E-state index in [-0.39, 0.29) is 17.9 Å². The maximum absolute atomic E-state index is 12.8. The molecule has 0 unspecified atom stereocenters. The molecule has 0 aliphatic heterocycles. The molecular weight excluding hydrogens is 368 g/mol. The van der Waals surface area contributed by atoms with Crippen molar-refractivity contribution < 1.29 is 14.3 Å². The fourth-order valence-electron chi connectivity index (χ4n) is 3.26. The van der Waals surface area contributed by atoms with Gasteiger partial charge in [-0.15, -0.1) is 0 Å². The molecule has 6 heteroatoms. The number of aromatic nitrogens is 2. The van der Waals surface area contributed by atoms with E-state index in [1.54, 1.807) is 31.4 Å². The number of benzene rings is 2. The highest BCUT2D eigenvalue weighted by molar-refractivity contribution is 6.02. The first kappa shape index (κ1) is 20.6. The monoisotopic (exact) mass is 394 g/mol. The van der Waals surface area contributed by atoms with Gasteiger partial charge in [0.1, 0.15) is 12.4 Å². The van der Waals surface area contributed by atoms with E-state index in [1.807, 2.05) is 24.3 Å². The zero-order valence-corrected chi connectivity index (χ0v) is 16.9. The molecule has 3 aromatic rings. The molecule has 1 aromatic heterocycles. The van der Waals surface area contributed by atoms with Gasteiger partial charge in [-0.25, -0.2) is 9.48 Å². The predicted octanol–water partition coefficient (Wildman–Crippen LogP) is 4.34. The van der Waals surface area contributed by atoms with E-state index in [0.29, 0.717) is 23.1 Å². The standard InChI is InChI=1S/C23H26N2O4/c1-3-4-5-10-15-25-22(26)19-13-8-7-12-18(19)21(24-25)23(27)29-16-17-11-6-9-14-20(17)28-2/h6-9,11-14H,3-5,10,15-16H2,1-2H3. The van der Waals surface area contributed by atoms with E-state index >= 15 is 0 Å². The van der Waals surface area contributed by atoms with Crippen LogP contribution in [0.5, 0.6) is 5.75 Å². The lowest BCUT2D eigenvalue weighted by Gasteiger charge is -2.12. The van der Waals surface area contributed by atoms with Gasteiger partial charge < -0.3 is 9.47 Å². The number of unbranched alkanes of at least 4 members (excludes halogenated alkanes) is 3. The topological polar surface area (TPSA) is 70.4 Å². The first-order valence-electron chi connectivity index (χ1n) is 9.94. The second kappa shape index (κ2) is 9.87. The average molecular weight is 394 g/mol. The van der Waals surface area contributed by atoms with E-state index in [4.69, 9.17) is 9.47 Å². The number of nitrogens with zero attached hydrogens (tertiary/aromatic N) is 2. The first-order chi connectivity index (χ1) is 14.2. The normalized spacial score (nSPS) is 10.8. The largest absolute Gasteiger partial charge is 0.496 e. The molecule has 0 aliphatic rings. The van der Waals surface area contributed by atoms with E-state index in [9.17, 15) is 9.59 Å². The molecule has 0 aliphatic carbocycles. The Hall–Kier alpha value is -3.15. The van der Waals surface area contributed by atoms with Gasteiger partial charge in [0, 0.05) is 17.5 Å². The second-order valence-electron chi connectivity index (χ2n) is 6.87. The van der Waals surface area contributed by atoms with Crippen LogP contribution in [0, 0.1) is 0 Å². The van der Waals surface area contributed by atoms with Gasteiger partial charge in [0.15, 0.2) is 5.69 Å². The quantitative estimate of drug-likeness (QED) is 0.399. The summed E-state index contributed by atoms with van der Waals surface area (Å²) in [6.45, 7) is 2.68. The number of aryl methyl sites for hydroxylation is 1. The van der Waals surface area contributed by atoms with E-state index in [0.717, 1.165) is 31.2 Å². The maximum atomic E-state index is 12.8. The van der Waals surface area contributed by atoms with Gasteiger partial charge in [0.05, 0.1) is 12.5 Å². The minimum Gasteiger partial charge on any atom is -0.496 e. The second-order valence-corrected chi connectivity index (χ2v) is 6.87. The molecule has 0 N–H and O–H groups in total. The maximum Gasteiger partial charge on any atom is 0.359 e. The molecule has 0 atom stereocenters. The number of ether oxygens (including phenoxy) is 2. The van der Waals surface area contributed by atoms with Crippen LogP contribution in [-0.4, -0.2) is 22.9 Å².